The minimum atomic E-state index is -0.630. The van der Waals surface area contributed by atoms with Crippen LogP contribution in [0, 0.1) is 0 Å². The van der Waals surface area contributed by atoms with E-state index in [-0.39, 0.29) is 35.4 Å². The van der Waals surface area contributed by atoms with E-state index in [1.54, 1.807) is 0 Å². The van der Waals surface area contributed by atoms with Gasteiger partial charge in [0.25, 0.3) is 11.5 Å². The molecule has 35 heavy (non-hydrogen) atoms. The van der Waals surface area contributed by atoms with Crippen LogP contribution in [0.2, 0.25) is 0 Å². The molecule has 3 rings (SSSR count). The second-order valence-corrected chi connectivity index (χ2v) is 8.34. The van der Waals surface area contributed by atoms with Crippen LogP contribution < -0.4 is 16.2 Å². The number of aromatic nitrogens is 3. The quantitative estimate of drug-likeness (QED) is 0.253. The van der Waals surface area contributed by atoms with Gasteiger partial charge in [0.15, 0.2) is 11.8 Å². The number of aryl methyl sites for hydroxylation is 1. The van der Waals surface area contributed by atoms with Gasteiger partial charge in [-0.15, -0.1) is 10.2 Å². The van der Waals surface area contributed by atoms with Gasteiger partial charge in [0.1, 0.15) is 5.69 Å². The van der Waals surface area contributed by atoms with Crippen LogP contribution in [-0.4, -0.2) is 45.3 Å². The lowest BCUT2D eigenvalue weighted by Gasteiger charge is -2.07. The summed E-state index contributed by atoms with van der Waals surface area (Å²) in [6.07, 6.45) is -0.118. The molecule has 0 aliphatic heterocycles. The summed E-state index contributed by atoms with van der Waals surface area (Å²) in [6, 6.07) is 18.8. The Bertz CT molecular complexity index is 1190. The average Bonchev–Trinajstić information content (AvgIpc) is 2.89. The first-order chi connectivity index (χ1) is 17.0. The Labute approximate surface area is 205 Å². The van der Waals surface area contributed by atoms with Crippen LogP contribution >= 0.6 is 11.8 Å². The number of carbonyl (C=O) groups excluding carboxylic acids is 3. The average molecular weight is 496 g/mol. The Kier molecular flexibility index (Phi) is 10.00. The zero-order chi connectivity index (χ0) is 24.9. The molecule has 3 N–H and O–H groups in total. The van der Waals surface area contributed by atoms with E-state index in [0.29, 0.717) is 13.1 Å². The molecule has 2 amide bonds. The van der Waals surface area contributed by atoms with E-state index in [1.165, 1.54) is 0 Å². The van der Waals surface area contributed by atoms with E-state index < -0.39 is 24.0 Å². The van der Waals surface area contributed by atoms with Gasteiger partial charge in [-0.2, -0.15) is 0 Å². The molecule has 0 spiro atoms. The van der Waals surface area contributed by atoms with Crippen LogP contribution in [0.15, 0.2) is 70.6 Å². The second kappa shape index (κ2) is 13.7. The highest BCUT2D eigenvalue weighted by Gasteiger charge is 2.12. The van der Waals surface area contributed by atoms with Gasteiger partial charge in [0, 0.05) is 19.5 Å². The molecule has 0 saturated heterocycles. The van der Waals surface area contributed by atoms with Crippen LogP contribution in [-0.2, 0) is 38.6 Å². The molecule has 182 valence electrons. The molecule has 0 radical (unpaired) electrons. The number of ether oxygens (including phenoxy) is 1. The van der Waals surface area contributed by atoms with Crippen molar-refractivity contribution in [3.63, 3.8) is 0 Å². The van der Waals surface area contributed by atoms with Crippen molar-refractivity contribution in [1.82, 2.24) is 25.8 Å². The van der Waals surface area contributed by atoms with Gasteiger partial charge >= 0.3 is 5.97 Å². The van der Waals surface area contributed by atoms with Gasteiger partial charge < -0.3 is 15.4 Å². The van der Waals surface area contributed by atoms with Crippen molar-refractivity contribution in [3.05, 3.63) is 87.8 Å². The third kappa shape index (κ3) is 9.41. The summed E-state index contributed by atoms with van der Waals surface area (Å²) in [5, 5.41) is 13.4. The predicted molar refractivity (Wildman–Crippen MR) is 129 cm³/mol. The highest BCUT2D eigenvalue weighted by Crippen LogP contribution is 2.09. The normalized spacial score (nSPS) is 10.4. The van der Waals surface area contributed by atoms with Gasteiger partial charge in [-0.25, -0.2) is 0 Å². The molecule has 0 aliphatic rings. The van der Waals surface area contributed by atoms with Crippen LogP contribution in [0.25, 0.3) is 0 Å². The summed E-state index contributed by atoms with van der Waals surface area (Å²) < 4.78 is 4.94. The fourth-order valence-corrected chi connectivity index (χ4v) is 3.47. The molecular weight excluding hydrogens is 470 g/mol. The van der Waals surface area contributed by atoms with Crippen LogP contribution in [0.1, 0.15) is 23.2 Å². The maximum atomic E-state index is 12.2. The lowest BCUT2D eigenvalue weighted by atomic mass is 10.2. The van der Waals surface area contributed by atoms with Crippen molar-refractivity contribution in [2.24, 2.45) is 0 Å². The van der Waals surface area contributed by atoms with E-state index in [1.807, 2.05) is 60.7 Å². The first-order valence-corrected chi connectivity index (χ1v) is 11.8. The van der Waals surface area contributed by atoms with Crippen molar-refractivity contribution in [1.29, 1.82) is 0 Å². The maximum Gasteiger partial charge on any atom is 0.306 e. The molecule has 0 fully saturated rings. The number of nitrogens with one attached hydrogen (secondary N) is 3. The number of rotatable bonds is 12. The summed E-state index contributed by atoms with van der Waals surface area (Å²) >= 11 is 1.05. The smallest absolute Gasteiger partial charge is 0.306 e. The Balaban J connectivity index is 1.34. The molecule has 0 atom stereocenters. The summed E-state index contributed by atoms with van der Waals surface area (Å²) in [5.41, 5.74) is 1.48. The second-order valence-electron chi connectivity index (χ2n) is 7.38. The highest BCUT2D eigenvalue weighted by atomic mass is 32.2. The van der Waals surface area contributed by atoms with Crippen molar-refractivity contribution in [3.8, 4) is 0 Å². The topological polar surface area (TPSA) is 143 Å². The Morgan fingerprint density at radius 2 is 1.46 bits per heavy atom. The first kappa shape index (κ1) is 25.6. The number of benzene rings is 2. The van der Waals surface area contributed by atoms with Crippen molar-refractivity contribution in [2.45, 2.75) is 31.1 Å². The van der Waals surface area contributed by atoms with Gasteiger partial charge in [0.05, 0.1) is 12.2 Å². The summed E-state index contributed by atoms with van der Waals surface area (Å²) in [6.45, 7) is 0.336. The van der Waals surface area contributed by atoms with Gasteiger partial charge in [-0.05, 0) is 11.1 Å². The molecule has 1 aromatic heterocycles. The largest absolute Gasteiger partial charge is 0.456 e. The van der Waals surface area contributed by atoms with E-state index in [2.05, 4.69) is 25.8 Å². The third-order valence-corrected chi connectivity index (χ3v) is 5.54. The number of thioether (sulfide) groups is 1. The molecule has 1 heterocycles. The third-order valence-electron chi connectivity index (χ3n) is 4.68. The lowest BCUT2D eigenvalue weighted by molar-refractivity contribution is -0.148. The van der Waals surface area contributed by atoms with E-state index in [4.69, 9.17) is 4.74 Å². The van der Waals surface area contributed by atoms with Crippen molar-refractivity contribution in [2.75, 3.05) is 12.4 Å². The number of amides is 2. The molecular formula is C24H25N5O5S. The number of carbonyl (C=O) groups is 3. The number of hydrogen-bond acceptors (Lipinski definition) is 8. The van der Waals surface area contributed by atoms with Gasteiger partial charge in [-0.1, -0.05) is 72.4 Å². The van der Waals surface area contributed by atoms with E-state index >= 15 is 0 Å². The minimum absolute atomic E-state index is 0.00924. The molecule has 11 heteroatoms. The zero-order valence-corrected chi connectivity index (χ0v) is 19.7. The standard InChI is InChI=1S/C24H25N5O5S/c30-20(25-13-17-7-3-1-4-8-17)15-34-22(32)12-11-19-23(33)27-24(29-28-19)35-16-21(31)26-14-18-9-5-2-6-10-18/h1-10H,11-16H2,(H,25,30)(H,26,31)(H,27,29,33). The van der Waals surface area contributed by atoms with Crippen molar-refractivity contribution < 1.29 is 19.1 Å². The van der Waals surface area contributed by atoms with Gasteiger partial charge in [0.2, 0.25) is 5.91 Å². The Morgan fingerprint density at radius 1 is 0.857 bits per heavy atom. The lowest BCUT2D eigenvalue weighted by Crippen LogP contribution is -2.28. The summed E-state index contributed by atoms with van der Waals surface area (Å²) in [4.78, 5) is 50.5. The minimum Gasteiger partial charge on any atom is -0.456 e. The number of H-pyrrole nitrogens is 1. The number of hydrogen-bond donors (Lipinski definition) is 3. The molecule has 0 aliphatic carbocycles. The highest BCUT2D eigenvalue weighted by molar-refractivity contribution is 7.99. The zero-order valence-electron chi connectivity index (χ0n) is 18.9. The van der Waals surface area contributed by atoms with Crippen LogP contribution in [0.4, 0.5) is 0 Å². The number of aromatic amines is 1. The summed E-state index contributed by atoms with van der Waals surface area (Å²) in [7, 11) is 0. The molecule has 3 aromatic rings. The fraction of sp³-hybridized carbons (Fsp3) is 0.250. The molecule has 0 saturated carbocycles. The Hall–Kier alpha value is -3.99. The maximum absolute atomic E-state index is 12.2. The molecule has 2 aromatic carbocycles. The van der Waals surface area contributed by atoms with Crippen LogP contribution in [0.3, 0.4) is 0 Å². The van der Waals surface area contributed by atoms with E-state index in [0.717, 1.165) is 22.9 Å². The Morgan fingerprint density at radius 3 is 2.06 bits per heavy atom. The number of esters is 1. The monoisotopic (exact) mass is 495 g/mol. The SMILES string of the molecule is O=C(COC(=O)CCc1nnc(SCC(=O)NCc2ccccc2)[nH]c1=O)NCc1ccccc1. The fourth-order valence-electron chi connectivity index (χ4n) is 2.84. The van der Waals surface area contributed by atoms with Crippen molar-refractivity contribution >= 4 is 29.5 Å². The van der Waals surface area contributed by atoms with E-state index in [9.17, 15) is 19.2 Å². The number of nitrogens with zero attached hydrogens (tertiary/aromatic N) is 2. The predicted octanol–water partition coefficient (Wildman–Crippen LogP) is 1.37. The first-order valence-electron chi connectivity index (χ1n) is 10.8. The summed E-state index contributed by atoms with van der Waals surface area (Å²) in [5.74, 6) is -1.19. The molecule has 0 bridgehead atoms. The molecule has 10 nitrogen and oxygen atoms in total. The van der Waals surface area contributed by atoms with Crippen LogP contribution in [0.5, 0.6) is 0 Å². The molecule has 0 unspecified atom stereocenters. The van der Waals surface area contributed by atoms with Gasteiger partial charge in [-0.3, -0.25) is 24.2 Å².